The molecule has 0 radical (unpaired) electrons. The molecule has 0 spiro atoms. The van der Waals surface area contributed by atoms with Gasteiger partial charge in [0, 0.05) is 31.7 Å². The minimum atomic E-state index is -0.491. The number of carbonyl (C=O) groups excluding carboxylic acids is 1. The molecule has 0 unspecified atom stereocenters. The maximum atomic E-state index is 13.5. The van der Waals surface area contributed by atoms with E-state index < -0.39 is 5.82 Å². The summed E-state index contributed by atoms with van der Waals surface area (Å²) in [6.45, 7) is 2.50. The Morgan fingerprint density at radius 2 is 1.93 bits per heavy atom. The smallest absolute Gasteiger partial charge is 0.270 e. The number of hydrogen-bond donors (Lipinski definition) is 1. The highest BCUT2D eigenvalue weighted by Gasteiger charge is 2.30. The predicted molar refractivity (Wildman–Crippen MR) is 111 cm³/mol. The van der Waals surface area contributed by atoms with Crippen LogP contribution in [0.4, 0.5) is 21.6 Å². The predicted octanol–water partition coefficient (Wildman–Crippen LogP) is 3.12. The molecule has 7 nitrogen and oxygen atoms in total. The van der Waals surface area contributed by atoms with Crippen molar-refractivity contribution in [3.05, 3.63) is 47.0 Å². The van der Waals surface area contributed by atoms with E-state index in [1.165, 1.54) is 36.3 Å². The summed E-state index contributed by atoms with van der Waals surface area (Å²) in [5, 5.41) is 0.685. The highest BCUT2D eigenvalue weighted by molar-refractivity contribution is 7.17. The van der Waals surface area contributed by atoms with E-state index in [0.29, 0.717) is 34.2 Å². The minimum absolute atomic E-state index is 0.0273. The minimum Gasteiger partial charge on any atom is -0.396 e. The Morgan fingerprint density at radius 1 is 1.10 bits per heavy atom. The molecule has 0 atom stereocenters. The number of thiazole rings is 1. The van der Waals surface area contributed by atoms with Crippen molar-refractivity contribution < 1.29 is 9.18 Å². The number of nitrogens with zero attached hydrogens (tertiary/aromatic N) is 5. The second-order valence-corrected chi connectivity index (χ2v) is 8.16. The van der Waals surface area contributed by atoms with Crippen LogP contribution in [0, 0.1) is 5.82 Å². The molecule has 1 saturated heterocycles. The summed E-state index contributed by atoms with van der Waals surface area (Å²) in [5.74, 6) is 0.237. The maximum absolute atomic E-state index is 13.5. The molecule has 0 aliphatic carbocycles. The normalized spacial score (nSPS) is 16.4. The van der Waals surface area contributed by atoms with Gasteiger partial charge in [0.1, 0.15) is 27.2 Å². The van der Waals surface area contributed by atoms with Crippen LogP contribution in [0.5, 0.6) is 0 Å². The van der Waals surface area contributed by atoms with Gasteiger partial charge in [-0.15, -0.1) is 11.3 Å². The van der Waals surface area contributed by atoms with E-state index in [1.807, 2.05) is 0 Å². The van der Waals surface area contributed by atoms with Crippen LogP contribution >= 0.6 is 11.3 Å². The lowest BCUT2D eigenvalue weighted by Crippen LogP contribution is -2.37. The number of carbonyl (C=O) groups is 1. The van der Waals surface area contributed by atoms with E-state index >= 15 is 0 Å². The van der Waals surface area contributed by atoms with E-state index in [2.05, 4.69) is 19.9 Å². The maximum Gasteiger partial charge on any atom is 0.270 e. The summed E-state index contributed by atoms with van der Waals surface area (Å²) in [6, 6.07) is 4.34. The molecule has 1 fully saturated rings. The lowest BCUT2D eigenvalue weighted by molar-refractivity contribution is 0.0984. The van der Waals surface area contributed by atoms with Crippen LogP contribution in [0.3, 0.4) is 0 Å². The van der Waals surface area contributed by atoms with Crippen LogP contribution < -0.4 is 15.5 Å². The molecule has 9 heteroatoms. The molecule has 0 bridgehead atoms. The zero-order chi connectivity index (χ0) is 20.0. The van der Waals surface area contributed by atoms with Crippen molar-refractivity contribution >= 4 is 34.4 Å². The zero-order valence-electron chi connectivity index (χ0n) is 15.6. The topological polar surface area (TPSA) is 88.2 Å². The number of aromatic nitrogens is 3. The lowest BCUT2D eigenvalue weighted by Gasteiger charge is -2.26. The second kappa shape index (κ2) is 7.07. The molecular weight excluding hydrogens is 391 g/mol. The van der Waals surface area contributed by atoms with Gasteiger partial charge in [0.05, 0.1) is 23.8 Å². The van der Waals surface area contributed by atoms with E-state index in [0.717, 1.165) is 24.6 Å². The molecule has 2 aromatic heterocycles. The van der Waals surface area contributed by atoms with Gasteiger partial charge in [-0.05, 0) is 31.0 Å². The van der Waals surface area contributed by atoms with Gasteiger partial charge in [0.2, 0.25) is 0 Å². The average molecular weight is 410 g/mol. The Morgan fingerprint density at radius 3 is 2.66 bits per heavy atom. The van der Waals surface area contributed by atoms with Crippen LogP contribution in [0.15, 0.2) is 30.6 Å². The van der Waals surface area contributed by atoms with Gasteiger partial charge in [0.15, 0.2) is 0 Å². The quantitative estimate of drug-likeness (QED) is 0.668. The van der Waals surface area contributed by atoms with Gasteiger partial charge >= 0.3 is 0 Å². The summed E-state index contributed by atoms with van der Waals surface area (Å²) in [5.41, 5.74) is 7.71. The molecule has 148 valence electrons. The number of halogens is 1. The van der Waals surface area contributed by atoms with Crippen LogP contribution in [0.25, 0.3) is 10.7 Å². The first kappa shape index (κ1) is 18.0. The number of nitrogen functional groups attached to an aromatic ring is 1. The summed E-state index contributed by atoms with van der Waals surface area (Å²) < 4.78 is 13.5. The molecule has 2 aliphatic rings. The lowest BCUT2D eigenvalue weighted by atomic mass is 10.1. The fourth-order valence-electron chi connectivity index (χ4n) is 3.73. The van der Waals surface area contributed by atoms with Gasteiger partial charge in [-0.3, -0.25) is 4.79 Å². The second-order valence-electron chi connectivity index (χ2n) is 7.16. The van der Waals surface area contributed by atoms with E-state index in [4.69, 9.17) is 5.73 Å². The monoisotopic (exact) mass is 410 g/mol. The summed E-state index contributed by atoms with van der Waals surface area (Å²) in [4.78, 5) is 31.1. The standard InChI is InChI=1S/C20H19FN6OS/c21-13-4-3-12(9-14(13)22)27-8-5-15-18(20(27)28)29-19(25-15)16-10-24-17(11-23-16)26-6-1-2-7-26/h3-4,9-11H,1-2,5-8,22H2. The van der Waals surface area contributed by atoms with Crippen LogP contribution in [-0.2, 0) is 6.42 Å². The van der Waals surface area contributed by atoms with Crippen molar-refractivity contribution in [3.63, 3.8) is 0 Å². The van der Waals surface area contributed by atoms with Crippen molar-refractivity contribution in [2.45, 2.75) is 19.3 Å². The Hall–Kier alpha value is -3.07. The molecule has 5 rings (SSSR count). The fraction of sp³-hybridized carbons (Fsp3) is 0.300. The number of rotatable bonds is 3. The number of hydrogen-bond acceptors (Lipinski definition) is 7. The number of amides is 1. The van der Waals surface area contributed by atoms with Crippen molar-refractivity contribution in [2.75, 3.05) is 35.2 Å². The first-order chi connectivity index (χ1) is 14.1. The highest BCUT2D eigenvalue weighted by atomic mass is 32.1. The Labute approximate surface area is 171 Å². The molecule has 29 heavy (non-hydrogen) atoms. The molecule has 1 amide bonds. The number of fused-ring (bicyclic) bond motifs is 1. The van der Waals surface area contributed by atoms with Crippen LogP contribution in [0.1, 0.15) is 28.2 Å². The average Bonchev–Trinajstić information content (AvgIpc) is 3.41. The first-order valence-corrected chi connectivity index (χ1v) is 10.4. The number of nitrogens with two attached hydrogens (primary N) is 1. The third-order valence-corrected chi connectivity index (χ3v) is 6.40. The highest BCUT2D eigenvalue weighted by Crippen LogP contribution is 2.33. The van der Waals surface area contributed by atoms with Crippen molar-refractivity contribution in [3.8, 4) is 10.7 Å². The van der Waals surface area contributed by atoms with E-state index in [-0.39, 0.29) is 11.6 Å². The van der Waals surface area contributed by atoms with Gasteiger partial charge in [-0.2, -0.15) is 0 Å². The number of benzene rings is 1. The number of anilines is 3. The molecule has 2 N–H and O–H groups in total. The summed E-state index contributed by atoms with van der Waals surface area (Å²) in [6.07, 6.45) is 6.48. The first-order valence-electron chi connectivity index (χ1n) is 9.54. The van der Waals surface area contributed by atoms with Crippen LogP contribution in [0.2, 0.25) is 0 Å². The molecule has 1 aromatic carbocycles. The Kier molecular flexibility index (Phi) is 4.39. The Bertz CT molecular complexity index is 1080. The van der Waals surface area contributed by atoms with Gasteiger partial charge in [0.25, 0.3) is 5.91 Å². The molecular formula is C20H19FN6OS. The van der Waals surface area contributed by atoms with Gasteiger partial charge in [-0.25, -0.2) is 19.3 Å². The van der Waals surface area contributed by atoms with Crippen molar-refractivity contribution in [2.24, 2.45) is 0 Å². The Balaban J connectivity index is 1.41. The largest absolute Gasteiger partial charge is 0.396 e. The summed E-state index contributed by atoms with van der Waals surface area (Å²) >= 11 is 1.32. The van der Waals surface area contributed by atoms with Crippen LogP contribution in [-0.4, -0.2) is 40.5 Å². The van der Waals surface area contributed by atoms with E-state index in [1.54, 1.807) is 23.4 Å². The van der Waals surface area contributed by atoms with E-state index in [9.17, 15) is 9.18 Å². The zero-order valence-corrected chi connectivity index (χ0v) is 16.5. The SMILES string of the molecule is Nc1cc(N2CCc3nc(-c4cnc(N5CCCC5)cn4)sc3C2=O)ccc1F. The van der Waals surface area contributed by atoms with Gasteiger partial charge in [-0.1, -0.05) is 0 Å². The molecule has 0 saturated carbocycles. The fourth-order valence-corrected chi connectivity index (χ4v) is 4.75. The van der Waals surface area contributed by atoms with Gasteiger partial charge < -0.3 is 15.5 Å². The van der Waals surface area contributed by atoms with Crippen molar-refractivity contribution in [1.82, 2.24) is 15.0 Å². The molecule has 3 aromatic rings. The summed E-state index contributed by atoms with van der Waals surface area (Å²) in [7, 11) is 0. The third kappa shape index (κ3) is 3.21. The molecule has 4 heterocycles. The molecule has 2 aliphatic heterocycles. The van der Waals surface area contributed by atoms with Crippen molar-refractivity contribution in [1.29, 1.82) is 0 Å². The third-order valence-electron chi connectivity index (χ3n) is 5.29.